The van der Waals surface area contributed by atoms with Gasteiger partial charge in [-0.1, -0.05) is 47.6 Å². The Morgan fingerprint density at radius 1 is 1.39 bits per heavy atom. The van der Waals surface area contributed by atoms with Crippen LogP contribution in [0.1, 0.15) is 55.4 Å². The molecule has 18 heavy (non-hydrogen) atoms. The lowest BCUT2D eigenvalue weighted by Crippen LogP contribution is -2.49. The van der Waals surface area contributed by atoms with Crippen molar-refractivity contribution in [3.8, 4) is 0 Å². The molecule has 0 saturated carbocycles. The summed E-state index contributed by atoms with van der Waals surface area (Å²) in [5.41, 5.74) is 0.639. The number of nitrogens with one attached hydrogen (secondary N) is 1. The van der Waals surface area contributed by atoms with Gasteiger partial charge >= 0.3 is 0 Å². The Hall–Kier alpha value is -0.490. The number of carbonyl (C=O) groups is 1. The van der Waals surface area contributed by atoms with Gasteiger partial charge in [0.1, 0.15) is 4.88 Å². The topological polar surface area (TPSA) is 54.9 Å². The van der Waals surface area contributed by atoms with Gasteiger partial charge in [0, 0.05) is 10.9 Å². The van der Waals surface area contributed by atoms with E-state index in [0.29, 0.717) is 4.88 Å². The molecule has 0 aliphatic rings. The average Bonchev–Trinajstić information content (AvgIpc) is 2.85. The van der Waals surface area contributed by atoms with Gasteiger partial charge in [-0.2, -0.15) is 0 Å². The van der Waals surface area contributed by atoms with Gasteiger partial charge in [0.2, 0.25) is 0 Å². The second-order valence-corrected chi connectivity index (χ2v) is 5.69. The molecule has 0 unspecified atom stereocenters. The van der Waals surface area contributed by atoms with E-state index in [2.05, 4.69) is 51.6 Å². The number of rotatable bonds is 7. The number of aryl methyl sites for hydroxylation is 1. The van der Waals surface area contributed by atoms with E-state index in [-0.39, 0.29) is 11.4 Å². The van der Waals surface area contributed by atoms with Gasteiger partial charge in [-0.15, -0.1) is 5.10 Å². The third-order valence-corrected chi connectivity index (χ3v) is 5.08. The number of alkyl halides is 1. The minimum absolute atomic E-state index is 0.0448. The number of halogens is 1. The maximum absolute atomic E-state index is 12.3. The number of carbonyl (C=O) groups excluding carboxylic acids is 1. The molecule has 4 nitrogen and oxygen atoms in total. The van der Waals surface area contributed by atoms with Crippen molar-refractivity contribution in [2.24, 2.45) is 0 Å². The Bertz CT molecular complexity index is 382. The standard InChI is InChI=1S/C12H20BrN3OS/c1-4-7-9-10(18-16-15-9)11(17)14-12(5-2,6-3)8-13/h4-8H2,1-3H3,(H,14,17). The van der Waals surface area contributed by atoms with E-state index in [4.69, 9.17) is 0 Å². The van der Waals surface area contributed by atoms with E-state index in [0.717, 1.165) is 36.7 Å². The van der Waals surface area contributed by atoms with Crippen LogP contribution in [0.25, 0.3) is 0 Å². The van der Waals surface area contributed by atoms with Crippen LogP contribution in [-0.2, 0) is 6.42 Å². The fourth-order valence-electron chi connectivity index (χ4n) is 1.73. The Balaban J connectivity index is 2.84. The normalized spacial score (nSPS) is 11.6. The quantitative estimate of drug-likeness (QED) is 0.779. The molecule has 1 rings (SSSR count). The maximum atomic E-state index is 12.3. The van der Waals surface area contributed by atoms with E-state index in [1.54, 1.807) is 0 Å². The first-order chi connectivity index (χ1) is 8.62. The lowest BCUT2D eigenvalue weighted by Gasteiger charge is -2.30. The van der Waals surface area contributed by atoms with Crippen LogP contribution in [0.2, 0.25) is 0 Å². The van der Waals surface area contributed by atoms with Gasteiger partial charge in [-0.25, -0.2) is 0 Å². The van der Waals surface area contributed by atoms with E-state index in [9.17, 15) is 4.79 Å². The largest absolute Gasteiger partial charge is 0.345 e. The van der Waals surface area contributed by atoms with Crippen LogP contribution in [-0.4, -0.2) is 26.4 Å². The zero-order valence-corrected chi connectivity index (χ0v) is 13.5. The molecule has 0 aliphatic carbocycles. The maximum Gasteiger partial charge on any atom is 0.265 e. The van der Waals surface area contributed by atoms with Gasteiger partial charge in [0.25, 0.3) is 5.91 Å². The molecule has 1 amide bonds. The molecule has 0 atom stereocenters. The number of aromatic nitrogens is 2. The molecule has 0 bridgehead atoms. The summed E-state index contributed by atoms with van der Waals surface area (Å²) >= 11 is 4.67. The second-order valence-electron chi connectivity index (χ2n) is 4.37. The molecule has 1 N–H and O–H groups in total. The summed E-state index contributed by atoms with van der Waals surface area (Å²) in [6, 6.07) is 0. The van der Waals surface area contributed by atoms with E-state index >= 15 is 0 Å². The molecule has 0 saturated heterocycles. The monoisotopic (exact) mass is 333 g/mol. The third-order valence-electron chi connectivity index (χ3n) is 3.24. The molecule has 0 spiro atoms. The molecule has 6 heteroatoms. The third kappa shape index (κ3) is 3.51. The highest BCUT2D eigenvalue weighted by atomic mass is 79.9. The first-order valence-corrected chi connectivity index (χ1v) is 8.21. The van der Waals surface area contributed by atoms with Crippen molar-refractivity contribution in [1.29, 1.82) is 0 Å². The average molecular weight is 334 g/mol. The van der Waals surface area contributed by atoms with Crippen LogP contribution in [0.5, 0.6) is 0 Å². The second kappa shape index (κ2) is 7.19. The SMILES string of the molecule is CCCc1nnsc1C(=O)NC(CC)(CC)CBr. The van der Waals surface area contributed by atoms with Crippen LogP contribution in [0.4, 0.5) is 0 Å². The van der Waals surface area contributed by atoms with Crippen molar-refractivity contribution in [1.82, 2.24) is 14.9 Å². The summed E-state index contributed by atoms with van der Waals surface area (Å²) in [4.78, 5) is 12.9. The van der Waals surface area contributed by atoms with Gasteiger partial charge in [0.15, 0.2) is 0 Å². The lowest BCUT2D eigenvalue weighted by molar-refractivity contribution is 0.0907. The molecular weight excluding hydrogens is 314 g/mol. The molecule has 0 aromatic carbocycles. The predicted octanol–water partition coefficient (Wildman–Crippen LogP) is 3.17. The fourth-order valence-corrected chi connectivity index (χ4v) is 3.26. The summed E-state index contributed by atoms with van der Waals surface area (Å²) in [6.45, 7) is 6.24. The molecule has 0 fully saturated rings. The van der Waals surface area contributed by atoms with Crippen molar-refractivity contribution < 1.29 is 4.79 Å². The van der Waals surface area contributed by atoms with Crippen molar-refractivity contribution in [3.05, 3.63) is 10.6 Å². The number of amides is 1. The molecule has 102 valence electrons. The van der Waals surface area contributed by atoms with Crippen molar-refractivity contribution >= 4 is 33.4 Å². The van der Waals surface area contributed by atoms with E-state index in [1.807, 2.05) is 0 Å². The summed E-state index contributed by atoms with van der Waals surface area (Å²) in [7, 11) is 0. The molecule has 0 aliphatic heterocycles. The van der Waals surface area contributed by atoms with E-state index in [1.165, 1.54) is 11.5 Å². The summed E-state index contributed by atoms with van der Waals surface area (Å²) in [5.74, 6) is -0.0448. The van der Waals surface area contributed by atoms with Crippen molar-refractivity contribution in [3.63, 3.8) is 0 Å². The van der Waals surface area contributed by atoms with Gasteiger partial charge in [0.05, 0.1) is 5.69 Å². The van der Waals surface area contributed by atoms with Gasteiger partial charge in [-0.05, 0) is 30.8 Å². The van der Waals surface area contributed by atoms with Crippen LogP contribution < -0.4 is 5.32 Å². The van der Waals surface area contributed by atoms with Crippen LogP contribution in [0, 0.1) is 0 Å². The molecule has 1 heterocycles. The minimum atomic E-state index is -0.176. The van der Waals surface area contributed by atoms with Crippen molar-refractivity contribution in [2.75, 3.05) is 5.33 Å². The zero-order chi connectivity index (χ0) is 13.6. The predicted molar refractivity (Wildman–Crippen MR) is 78.5 cm³/mol. The Kier molecular flexibility index (Phi) is 6.21. The first-order valence-electron chi connectivity index (χ1n) is 6.32. The molecule has 0 radical (unpaired) electrons. The van der Waals surface area contributed by atoms with Crippen LogP contribution in [0.3, 0.4) is 0 Å². The van der Waals surface area contributed by atoms with Gasteiger partial charge in [-0.3, -0.25) is 4.79 Å². The smallest absolute Gasteiger partial charge is 0.265 e. The van der Waals surface area contributed by atoms with E-state index < -0.39 is 0 Å². The first kappa shape index (κ1) is 15.6. The Labute approximate surface area is 121 Å². The molecular formula is C12H20BrN3OS. The zero-order valence-electron chi connectivity index (χ0n) is 11.1. The number of hydrogen-bond donors (Lipinski definition) is 1. The highest BCUT2D eigenvalue weighted by Gasteiger charge is 2.29. The minimum Gasteiger partial charge on any atom is -0.345 e. The van der Waals surface area contributed by atoms with Crippen molar-refractivity contribution in [2.45, 2.75) is 52.0 Å². The van der Waals surface area contributed by atoms with Crippen LogP contribution in [0.15, 0.2) is 0 Å². The summed E-state index contributed by atoms with van der Waals surface area (Å²) < 4.78 is 3.89. The molecule has 1 aromatic heterocycles. The van der Waals surface area contributed by atoms with Gasteiger partial charge < -0.3 is 5.32 Å². The Morgan fingerprint density at radius 3 is 2.56 bits per heavy atom. The number of nitrogens with zero attached hydrogens (tertiary/aromatic N) is 2. The number of hydrogen-bond acceptors (Lipinski definition) is 4. The highest BCUT2D eigenvalue weighted by molar-refractivity contribution is 9.09. The summed E-state index contributed by atoms with van der Waals surface area (Å²) in [5, 5.41) is 7.91. The fraction of sp³-hybridized carbons (Fsp3) is 0.750. The molecule has 1 aromatic rings. The lowest BCUT2D eigenvalue weighted by atomic mass is 9.95. The summed E-state index contributed by atoms with van der Waals surface area (Å²) in [6.07, 6.45) is 3.57. The highest BCUT2D eigenvalue weighted by Crippen LogP contribution is 2.20. The Morgan fingerprint density at radius 2 is 2.06 bits per heavy atom. The van der Waals surface area contributed by atoms with Crippen LogP contribution >= 0.6 is 27.5 Å².